The number of halogens is 3. The van der Waals surface area contributed by atoms with Crippen LogP contribution in [0, 0.1) is 11.7 Å². The maximum atomic E-state index is 13.3. The van der Waals surface area contributed by atoms with Crippen molar-refractivity contribution in [3.63, 3.8) is 0 Å². The van der Waals surface area contributed by atoms with E-state index in [0.717, 1.165) is 6.07 Å². The number of benzene rings is 1. The fourth-order valence-corrected chi connectivity index (χ4v) is 2.70. The summed E-state index contributed by atoms with van der Waals surface area (Å²) in [6.07, 6.45) is 1.04. The van der Waals surface area contributed by atoms with Crippen molar-refractivity contribution >= 4 is 0 Å². The molecule has 1 aromatic heterocycles. The number of hydrogen-bond donors (Lipinski definition) is 1. The van der Waals surface area contributed by atoms with Crippen molar-refractivity contribution in [2.24, 2.45) is 5.92 Å². The summed E-state index contributed by atoms with van der Waals surface area (Å²) in [4.78, 5) is 4.12. The van der Waals surface area contributed by atoms with Crippen molar-refractivity contribution in [1.82, 2.24) is 10.1 Å². The Labute approximate surface area is 125 Å². The molecule has 118 valence electrons. The molecule has 0 bridgehead atoms. The second kappa shape index (κ2) is 5.62. The molecule has 0 amide bonds. The lowest BCUT2D eigenvalue weighted by atomic mass is 9.85. The molecule has 0 atom stereocenters. The summed E-state index contributed by atoms with van der Waals surface area (Å²) in [5.41, 5.74) is 0.119. The van der Waals surface area contributed by atoms with E-state index in [0.29, 0.717) is 25.1 Å². The first-order valence-electron chi connectivity index (χ1n) is 7.13. The van der Waals surface area contributed by atoms with Crippen molar-refractivity contribution < 1.29 is 22.8 Å². The van der Waals surface area contributed by atoms with Crippen LogP contribution in [0.15, 0.2) is 22.7 Å². The fraction of sp³-hybridized carbons (Fsp3) is 0.467. The largest absolute Gasteiger partial charge is 0.504 e. The SMILES string of the molecule is Oc1c(F)cccc1-c1nc(CC2CCC(F)(F)CC2)no1. The zero-order valence-corrected chi connectivity index (χ0v) is 11.7. The number of phenolic OH excluding ortho intramolecular Hbond substituents is 1. The number of rotatable bonds is 3. The van der Waals surface area contributed by atoms with Crippen molar-refractivity contribution in [2.75, 3.05) is 0 Å². The lowest BCUT2D eigenvalue weighted by molar-refractivity contribution is -0.0458. The van der Waals surface area contributed by atoms with Gasteiger partial charge < -0.3 is 9.63 Å². The monoisotopic (exact) mass is 312 g/mol. The molecule has 0 unspecified atom stereocenters. The number of nitrogens with zero attached hydrogens (tertiary/aromatic N) is 2. The Balaban J connectivity index is 1.71. The molecule has 0 radical (unpaired) electrons. The second-order valence-electron chi connectivity index (χ2n) is 5.66. The van der Waals surface area contributed by atoms with Gasteiger partial charge in [-0.3, -0.25) is 0 Å². The van der Waals surface area contributed by atoms with Crippen molar-refractivity contribution in [2.45, 2.75) is 38.0 Å². The Morgan fingerprint density at radius 1 is 1.27 bits per heavy atom. The molecule has 0 aliphatic heterocycles. The summed E-state index contributed by atoms with van der Waals surface area (Å²) in [5, 5.41) is 13.4. The van der Waals surface area contributed by atoms with Crippen LogP contribution in [0.5, 0.6) is 5.75 Å². The highest BCUT2D eigenvalue weighted by Crippen LogP contribution is 2.37. The van der Waals surface area contributed by atoms with Crippen LogP contribution in [0.25, 0.3) is 11.5 Å². The number of alkyl halides is 2. The summed E-state index contributed by atoms with van der Waals surface area (Å²) < 4.78 is 44.6. The maximum absolute atomic E-state index is 13.3. The van der Waals surface area contributed by atoms with E-state index in [1.807, 2.05) is 0 Å². The molecule has 4 nitrogen and oxygen atoms in total. The standard InChI is InChI=1S/C15H15F3N2O2/c16-11-3-1-2-10(13(11)21)14-19-12(20-22-14)8-9-4-6-15(17,18)7-5-9/h1-3,9,21H,4-8H2. The molecule has 1 fully saturated rings. The Morgan fingerprint density at radius 2 is 2.00 bits per heavy atom. The minimum atomic E-state index is -2.56. The minimum absolute atomic E-state index is 0.0214. The topological polar surface area (TPSA) is 59.2 Å². The quantitative estimate of drug-likeness (QED) is 0.932. The predicted octanol–water partition coefficient (Wildman–Crippen LogP) is 3.95. The zero-order chi connectivity index (χ0) is 15.7. The third-order valence-electron chi connectivity index (χ3n) is 3.99. The van der Waals surface area contributed by atoms with Gasteiger partial charge in [0.2, 0.25) is 5.92 Å². The van der Waals surface area contributed by atoms with Gasteiger partial charge in [0, 0.05) is 19.3 Å². The minimum Gasteiger partial charge on any atom is -0.504 e. The number of para-hydroxylation sites is 1. The maximum Gasteiger partial charge on any atom is 0.261 e. The average molecular weight is 312 g/mol. The van der Waals surface area contributed by atoms with E-state index >= 15 is 0 Å². The summed E-state index contributed by atoms with van der Waals surface area (Å²) in [6.45, 7) is 0. The van der Waals surface area contributed by atoms with Gasteiger partial charge in [-0.1, -0.05) is 11.2 Å². The fourth-order valence-electron chi connectivity index (χ4n) is 2.70. The first-order valence-corrected chi connectivity index (χ1v) is 7.13. The van der Waals surface area contributed by atoms with Crippen molar-refractivity contribution in [3.05, 3.63) is 29.8 Å². The van der Waals surface area contributed by atoms with E-state index in [9.17, 15) is 18.3 Å². The zero-order valence-electron chi connectivity index (χ0n) is 11.7. The second-order valence-corrected chi connectivity index (χ2v) is 5.66. The van der Waals surface area contributed by atoms with E-state index in [-0.39, 0.29) is 30.2 Å². The summed E-state index contributed by atoms with van der Waals surface area (Å²) in [5.74, 6) is -3.39. The van der Waals surface area contributed by atoms with Crippen molar-refractivity contribution in [3.8, 4) is 17.2 Å². The van der Waals surface area contributed by atoms with Crippen molar-refractivity contribution in [1.29, 1.82) is 0 Å². The molecule has 7 heteroatoms. The Kier molecular flexibility index (Phi) is 3.80. The van der Waals surface area contributed by atoms with Gasteiger partial charge >= 0.3 is 0 Å². The lowest BCUT2D eigenvalue weighted by Crippen LogP contribution is -2.25. The van der Waals surface area contributed by atoms with Gasteiger partial charge in [-0.25, -0.2) is 13.2 Å². The van der Waals surface area contributed by atoms with Crippen LogP contribution >= 0.6 is 0 Å². The van der Waals surface area contributed by atoms with E-state index in [2.05, 4.69) is 10.1 Å². The van der Waals surface area contributed by atoms with Crippen LogP contribution in [0.2, 0.25) is 0 Å². The predicted molar refractivity (Wildman–Crippen MR) is 72.0 cm³/mol. The summed E-state index contributed by atoms with van der Waals surface area (Å²) in [6, 6.07) is 4.02. The highest BCUT2D eigenvalue weighted by atomic mass is 19.3. The van der Waals surface area contributed by atoms with Gasteiger partial charge in [-0.05, 0) is 30.9 Å². The van der Waals surface area contributed by atoms with Crippen LogP contribution in [-0.4, -0.2) is 21.2 Å². The molecular weight excluding hydrogens is 297 g/mol. The van der Waals surface area contributed by atoms with Gasteiger partial charge in [0.15, 0.2) is 17.4 Å². The van der Waals surface area contributed by atoms with Gasteiger partial charge in [0.25, 0.3) is 5.89 Å². The van der Waals surface area contributed by atoms with Crippen LogP contribution in [0.1, 0.15) is 31.5 Å². The Bertz CT molecular complexity index is 663. The molecule has 22 heavy (non-hydrogen) atoms. The Morgan fingerprint density at radius 3 is 2.73 bits per heavy atom. The molecule has 0 spiro atoms. The highest BCUT2D eigenvalue weighted by Gasteiger charge is 2.35. The van der Waals surface area contributed by atoms with E-state index in [4.69, 9.17) is 4.52 Å². The molecule has 2 aromatic rings. The Hall–Kier alpha value is -2.05. The molecule has 0 saturated heterocycles. The van der Waals surface area contributed by atoms with Gasteiger partial charge in [-0.2, -0.15) is 4.98 Å². The van der Waals surface area contributed by atoms with E-state index in [1.165, 1.54) is 12.1 Å². The normalized spacial score (nSPS) is 18.5. The van der Waals surface area contributed by atoms with Gasteiger partial charge in [0.05, 0.1) is 5.56 Å². The van der Waals surface area contributed by atoms with Crippen LogP contribution < -0.4 is 0 Å². The first-order chi connectivity index (χ1) is 10.4. The molecule has 3 rings (SSSR count). The number of aromatic hydroxyl groups is 1. The number of aromatic nitrogens is 2. The molecule has 1 aliphatic carbocycles. The highest BCUT2D eigenvalue weighted by molar-refractivity contribution is 5.62. The third kappa shape index (κ3) is 3.08. The van der Waals surface area contributed by atoms with Crippen LogP contribution in [0.4, 0.5) is 13.2 Å². The first kappa shape index (κ1) is 14.9. The van der Waals surface area contributed by atoms with Crippen LogP contribution in [-0.2, 0) is 6.42 Å². The van der Waals surface area contributed by atoms with E-state index in [1.54, 1.807) is 0 Å². The average Bonchev–Trinajstić information content (AvgIpc) is 2.92. The molecule has 1 heterocycles. The molecule has 1 saturated carbocycles. The van der Waals surface area contributed by atoms with Gasteiger partial charge in [0.1, 0.15) is 0 Å². The molecule has 1 N–H and O–H groups in total. The van der Waals surface area contributed by atoms with E-state index < -0.39 is 17.5 Å². The summed E-state index contributed by atoms with van der Waals surface area (Å²) >= 11 is 0. The third-order valence-corrected chi connectivity index (χ3v) is 3.99. The molecule has 1 aromatic carbocycles. The lowest BCUT2D eigenvalue weighted by Gasteiger charge is -2.27. The molecular formula is C15H15F3N2O2. The smallest absolute Gasteiger partial charge is 0.261 e. The van der Waals surface area contributed by atoms with Crippen LogP contribution in [0.3, 0.4) is 0 Å². The molecule has 1 aliphatic rings. The number of phenols is 1. The van der Waals surface area contributed by atoms with Gasteiger partial charge in [-0.15, -0.1) is 0 Å². The number of hydrogen-bond acceptors (Lipinski definition) is 4. The summed E-state index contributed by atoms with van der Waals surface area (Å²) in [7, 11) is 0.